The SMILES string of the molecule is CSCc1nc(CNC(=O)C2CC2(C)C)cs1. The number of rotatable bonds is 5. The molecule has 94 valence electrons. The van der Waals surface area contributed by atoms with Crippen molar-refractivity contribution < 1.29 is 4.79 Å². The van der Waals surface area contributed by atoms with E-state index in [0.717, 1.165) is 22.9 Å². The molecule has 0 radical (unpaired) electrons. The van der Waals surface area contributed by atoms with E-state index in [1.165, 1.54) is 0 Å². The highest BCUT2D eigenvalue weighted by atomic mass is 32.2. The number of carbonyl (C=O) groups is 1. The van der Waals surface area contributed by atoms with Crippen LogP contribution in [0.3, 0.4) is 0 Å². The fraction of sp³-hybridized carbons (Fsp3) is 0.667. The number of nitrogens with one attached hydrogen (secondary N) is 1. The lowest BCUT2D eigenvalue weighted by molar-refractivity contribution is -0.123. The van der Waals surface area contributed by atoms with Crippen LogP contribution in [0, 0.1) is 11.3 Å². The van der Waals surface area contributed by atoms with Crippen LogP contribution >= 0.6 is 23.1 Å². The second-order valence-corrected chi connectivity index (χ2v) is 6.94. The molecular weight excluding hydrogens is 252 g/mol. The number of aromatic nitrogens is 1. The van der Waals surface area contributed by atoms with Crippen LogP contribution in [0.5, 0.6) is 0 Å². The van der Waals surface area contributed by atoms with Gasteiger partial charge in [0.05, 0.1) is 12.2 Å². The third-order valence-corrected chi connectivity index (χ3v) is 4.78. The van der Waals surface area contributed by atoms with Crippen molar-refractivity contribution in [2.75, 3.05) is 6.26 Å². The zero-order valence-electron chi connectivity index (χ0n) is 10.4. The van der Waals surface area contributed by atoms with E-state index in [0.29, 0.717) is 6.54 Å². The molecule has 1 aromatic rings. The predicted molar refractivity (Wildman–Crippen MR) is 73.1 cm³/mol. The van der Waals surface area contributed by atoms with Crippen molar-refractivity contribution >= 4 is 29.0 Å². The lowest BCUT2D eigenvalue weighted by atomic mass is 10.1. The second-order valence-electron chi connectivity index (χ2n) is 5.13. The fourth-order valence-electron chi connectivity index (χ4n) is 1.84. The van der Waals surface area contributed by atoms with Gasteiger partial charge in [-0.2, -0.15) is 11.8 Å². The van der Waals surface area contributed by atoms with Crippen molar-refractivity contribution in [3.05, 3.63) is 16.1 Å². The first kappa shape index (κ1) is 12.9. The Kier molecular flexibility index (Phi) is 3.78. The first-order valence-corrected chi connectivity index (χ1v) is 8.00. The summed E-state index contributed by atoms with van der Waals surface area (Å²) < 4.78 is 0. The van der Waals surface area contributed by atoms with Crippen LogP contribution in [0.1, 0.15) is 31.0 Å². The first-order chi connectivity index (χ1) is 8.03. The molecule has 1 aliphatic rings. The highest BCUT2D eigenvalue weighted by molar-refractivity contribution is 7.97. The van der Waals surface area contributed by atoms with Gasteiger partial charge >= 0.3 is 0 Å². The van der Waals surface area contributed by atoms with E-state index in [-0.39, 0.29) is 17.2 Å². The standard InChI is InChI=1S/C12H18N2OS2/c1-12(2)4-9(12)11(15)13-5-8-6-17-10(14-8)7-16-3/h6,9H,4-5,7H2,1-3H3,(H,13,15). The summed E-state index contributed by atoms with van der Waals surface area (Å²) in [5, 5.41) is 6.13. The predicted octanol–water partition coefficient (Wildman–Crippen LogP) is 2.67. The summed E-state index contributed by atoms with van der Waals surface area (Å²) in [6.07, 6.45) is 3.08. The molecule has 1 aliphatic carbocycles. The Labute approximate surface area is 110 Å². The summed E-state index contributed by atoms with van der Waals surface area (Å²) in [7, 11) is 0. The molecule has 0 aliphatic heterocycles. The summed E-state index contributed by atoms with van der Waals surface area (Å²) >= 11 is 3.43. The van der Waals surface area contributed by atoms with Crippen molar-refractivity contribution in [1.29, 1.82) is 0 Å². The molecule has 1 heterocycles. The number of thioether (sulfide) groups is 1. The van der Waals surface area contributed by atoms with Crippen LogP contribution in [0.2, 0.25) is 0 Å². The molecule has 0 bridgehead atoms. The fourth-order valence-corrected chi connectivity index (χ4v) is 3.35. The minimum absolute atomic E-state index is 0.175. The lowest BCUT2D eigenvalue weighted by Crippen LogP contribution is -2.26. The molecule has 0 aromatic carbocycles. The topological polar surface area (TPSA) is 42.0 Å². The number of carbonyl (C=O) groups excluding carboxylic acids is 1. The molecular formula is C12H18N2OS2. The van der Waals surface area contributed by atoms with Crippen molar-refractivity contribution in [1.82, 2.24) is 10.3 Å². The van der Waals surface area contributed by atoms with Crippen molar-refractivity contribution in [3.63, 3.8) is 0 Å². The van der Waals surface area contributed by atoms with Gasteiger partial charge in [0.2, 0.25) is 5.91 Å². The quantitative estimate of drug-likeness (QED) is 0.894. The second kappa shape index (κ2) is 4.98. The average molecular weight is 270 g/mol. The highest BCUT2D eigenvalue weighted by Gasteiger charge is 2.50. The lowest BCUT2D eigenvalue weighted by Gasteiger charge is -2.04. The third kappa shape index (κ3) is 3.22. The minimum Gasteiger partial charge on any atom is -0.350 e. The van der Waals surface area contributed by atoms with Crippen LogP contribution < -0.4 is 5.32 Å². The summed E-state index contributed by atoms with van der Waals surface area (Å²) in [6, 6.07) is 0. The van der Waals surface area contributed by atoms with Crippen LogP contribution in [0.15, 0.2) is 5.38 Å². The van der Waals surface area contributed by atoms with Crippen molar-refractivity contribution in [2.24, 2.45) is 11.3 Å². The van der Waals surface area contributed by atoms with Crippen LogP contribution in [0.25, 0.3) is 0 Å². The van der Waals surface area contributed by atoms with Crippen molar-refractivity contribution in [3.8, 4) is 0 Å². The number of hydrogen-bond acceptors (Lipinski definition) is 4. The molecule has 0 saturated heterocycles. The van der Waals surface area contributed by atoms with E-state index in [9.17, 15) is 4.79 Å². The van der Waals surface area contributed by atoms with E-state index in [4.69, 9.17) is 0 Å². The van der Waals surface area contributed by atoms with E-state index in [1.54, 1.807) is 23.1 Å². The maximum absolute atomic E-state index is 11.8. The summed E-state index contributed by atoms with van der Waals surface area (Å²) in [5.74, 6) is 1.33. The van der Waals surface area contributed by atoms with Gasteiger partial charge in [-0.15, -0.1) is 11.3 Å². The summed E-state index contributed by atoms with van der Waals surface area (Å²) in [6.45, 7) is 4.84. The molecule has 3 nitrogen and oxygen atoms in total. The average Bonchev–Trinajstić information content (AvgIpc) is 2.72. The molecule has 5 heteroatoms. The van der Waals surface area contributed by atoms with E-state index in [1.807, 2.05) is 5.38 Å². The van der Waals surface area contributed by atoms with Gasteiger partial charge in [-0.05, 0) is 18.1 Å². The number of thiazole rings is 1. The van der Waals surface area contributed by atoms with Crippen LogP contribution in [-0.4, -0.2) is 17.1 Å². The molecule has 1 N–H and O–H groups in total. The van der Waals surface area contributed by atoms with E-state index in [2.05, 4.69) is 30.4 Å². The number of amides is 1. The number of hydrogen-bond donors (Lipinski definition) is 1. The van der Waals surface area contributed by atoms with E-state index >= 15 is 0 Å². The molecule has 2 rings (SSSR count). The monoisotopic (exact) mass is 270 g/mol. The van der Waals surface area contributed by atoms with Gasteiger partial charge in [-0.25, -0.2) is 4.98 Å². The molecule has 1 amide bonds. The zero-order chi connectivity index (χ0) is 12.5. The molecule has 17 heavy (non-hydrogen) atoms. The summed E-state index contributed by atoms with van der Waals surface area (Å²) in [5.41, 5.74) is 1.18. The molecule has 1 fully saturated rings. The Morgan fingerprint density at radius 2 is 2.41 bits per heavy atom. The van der Waals surface area contributed by atoms with E-state index < -0.39 is 0 Å². The number of nitrogens with zero attached hydrogens (tertiary/aromatic N) is 1. The van der Waals surface area contributed by atoms with Gasteiger partial charge in [0.25, 0.3) is 0 Å². The molecule has 1 unspecified atom stereocenters. The normalized spacial score (nSPS) is 21.2. The van der Waals surface area contributed by atoms with Crippen LogP contribution in [0.4, 0.5) is 0 Å². The Hall–Kier alpha value is -0.550. The highest BCUT2D eigenvalue weighted by Crippen LogP contribution is 2.51. The maximum Gasteiger partial charge on any atom is 0.223 e. The Bertz CT molecular complexity index is 414. The van der Waals surface area contributed by atoms with Gasteiger partial charge in [0, 0.05) is 17.1 Å². The Balaban J connectivity index is 1.79. The summed E-state index contributed by atoms with van der Waals surface area (Å²) in [4.78, 5) is 16.3. The van der Waals surface area contributed by atoms with Gasteiger partial charge < -0.3 is 5.32 Å². The largest absolute Gasteiger partial charge is 0.350 e. The zero-order valence-corrected chi connectivity index (χ0v) is 12.1. The molecule has 1 saturated carbocycles. The molecule has 1 aromatic heterocycles. The molecule has 0 spiro atoms. The minimum atomic E-state index is 0.175. The Morgan fingerprint density at radius 1 is 1.71 bits per heavy atom. The third-order valence-electron chi connectivity index (χ3n) is 3.14. The van der Waals surface area contributed by atoms with Crippen molar-refractivity contribution in [2.45, 2.75) is 32.6 Å². The van der Waals surface area contributed by atoms with Gasteiger partial charge in [0.1, 0.15) is 5.01 Å². The van der Waals surface area contributed by atoms with Gasteiger partial charge in [0.15, 0.2) is 0 Å². The van der Waals surface area contributed by atoms with Gasteiger partial charge in [-0.1, -0.05) is 13.8 Å². The Morgan fingerprint density at radius 3 is 3.00 bits per heavy atom. The molecule has 1 atom stereocenters. The maximum atomic E-state index is 11.8. The van der Waals surface area contributed by atoms with Crippen LogP contribution in [-0.2, 0) is 17.1 Å². The smallest absolute Gasteiger partial charge is 0.223 e. The first-order valence-electron chi connectivity index (χ1n) is 5.73. The van der Waals surface area contributed by atoms with Gasteiger partial charge in [-0.3, -0.25) is 4.79 Å².